The van der Waals surface area contributed by atoms with E-state index in [2.05, 4.69) is 5.32 Å². The minimum atomic E-state index is -4.65. The maximum Gasteiger partial charge on any atom is 0.416 e. The Kier molecular flexibility index (Phi) is 6.73. The molecular weight excluding hydrogens is 425 g/mol. The quantitative estimate of drug-likeness (QED) is 0.540. The third-order valence-corrected chi connectivity index (χ3v) is 5.73. The van der Waals surface area contributed by atoms with Gasteiger partial charge in [0.15, 0.2) is 0 Å². The average molecular weight is 450 g/mol. The predicted molar refractivity (Wildman–Crippen MR) is 116 cm³/mol. The standard InChI is InChI=1S/C22H25F3N4O3/c1-14-4-5-15(2)18(12-14)26-21(30)16(3)27-8-10-28(11-9-27)19-7-6-17(22(23,24)25)13-20(19)29(31)32/h4-7,12-13,16H,8-11H2,1-3H3,(H,26,30). The number of hydrogen-bond donors (Lipinski definition) is 1. The molecule has 0 spiro atoms. The molecule has 0 saturated carbocycles. The van der Waals surface area contributed by atoms with Gasteiger partial charge in [0.05, 0.1) is 16.5 Å². The minimum absolute atomic E-state index is 0.148. The lowest BCUT2D eigenvalue weighted by atomic mass is 10.1. The molecule has 1 amide bonds. The maximum absolute atomic E-state index is 12.9. The molecule has 3 rings (SSSR count). The van der Waals surface area contributed by atoms with Gasteiger partial charge in [-0.3, -0.25) is 19.8 Å². The van der Waals surface area contributed by atoms with Crippen molar-refractivity contribution in [1.82, 2.24) is 4.90 Å². The number of carbonyl (C=O) groups excluding carboxylic acids is 1. The van der Waals surface area contributed by atoms with Crippen molar-refractivity contribution >= 4 is 23.0 Å². The van der Waals surface area contributed by atoms with E-state index in [1.807, 2.05) is 36.9 Å². The van der Waals surface area contributed by atoms with Crippen molar-refractivity contribution in [3.8, 4) is 0 Å². The third kappa shape index (κ3) is 5.18. The summed E-state index contributed by atoms with van der Waals surface area (Å²) < 4.78 is 38.8. The Hall–Kier alpha value is -3.14. The number of amides is 1. The fourth-order valence-electron chi connectivity index (χ4n) is 3.74. The smallest absolute Gasteiger partial charge is 0.363 e. The van der Waals surface area contributed by atoms with Crippen molar-refractivity contribution in [2.45, 2.75) is 33.0 Å². The molecular formula is C22H25F3N4O3. The summed E-state index contributed by atoms with van der Waals surface area (Å²) in [7, 11) is 0. The first-order valence-corrected chi connectivity index (χ1v) is 10.2. The van der Waals surface area contributed by atoms with Gasteiger partial charge in [-0.05, 0) is 50.1 Å². The SMILES string of the molecule is Cc1ccc(C)c(NC(=O)C(C)N2CCN(c3ccc(C(F)(F)F)cc3[N+](=O)[O-])CC2)c1. The number of benzene rings is 2. The van der Waals surface area contributed by atoms with Crippen molar-refractivity contribution in [3.05, 3.63) is 63.2 Å². The van der Waals surface area contributed by atoms with Gasteiger partial charge in [-0.15, -0.1) is 0 Å². The van der Waals surface area contributed by atoms with E-state index >= 15 is 0 Å². The summed E-state index contributed by atoms with van der Waals surface area (Å²) in [5, 5.41) is 14.3. The first kappa shape index (κ1) is 23.5. The number of halogens is 3. The molecule has 1 fully saturated rings. The van der Waals surface area contributed by atoms with Gasteiger partial charge >= 0.3 is 6.18 Å². The molecule has 2 aromatic carbocycles. The van der Waals surface area contributed by atoms with E-state index in [9.17, 15) is 28.1 Å². The Labute approximate surface area is 184 Å². The molecule has 2 aromatic rings. The average Bonchev–Trinajstić information content (AvgIpc) is 2.74. The van der Waals surface area contributed by atoms with Crippen molar-refractivity contribution in [2.75, 3.05) is 36.4 Å². The monoisotopic (exact) mass is 450 g/mol. The molecule has 1 aliphatic heterocycles. The second-order valence-electron chi connectivity index (χ2n) is 7.96. The molecule has 0 radical (unpaired) electrons. The summed E-state index contributed by atoms with van der Waals surface area (Å²) in [5.41, 5.74) is 1.26. The summed E-state index contributed by atoms with van der Waals surface area (Å²) in [6.07, 6.45) is -4.65. The second kappa shape index (κ2) is 9.15. The van der Waals surface area contributed by atoms with E-state index in [0.29, 0.717) is 32.2 Å². The fourth-order valence-corrected chi connectivity index (χ4v) is 3.74. The second-order valence-corrected chi connectivity index (χ2v) is 7.96. The zero-order valence-electron chi connectivity index (χ0n) is 18.1. The molecule has 1 saturated heterocycles. The number of nitrogens with zero attached hydrogens (tertiary/aromatic N) is 3. The van der Waals surface area contributed by atoms with Crippen LogP contribution < -0.4 is 10.2 Å². The largest absolute Gasteiger partial charge is 0.416 e. The van der Waals surface area contributed by atoms with Crippen LogP contribution in [0.1, 0.15) is 23.6 Å². The number of carbonyl (C=O) groups is 1. The van der Waals surface area contributed by atoms with Crippen LogP contribution in [-0.4, -0.2) is 48.0 Å². The Bertz CT molecular complexity index is 1020. The molecule has 1 aliphatic rings. The topological polar surface area (TPSA) is 78.7 Å². The van der Waals surface area contributed by atoms with Crippen molar-refractivity contribution in [2.24, 2.45) is 0 Å². The van der Waals surface area contributed by atoms with Crippen molar-refractivity contribution in [3.63, 3.8) is 0 Å². The maximum atomic E-state index is 12.9. The number of nitro groups is 1. The van der Waals surface area contributed by atoms with Gasteiger partial charge < -0.3 is 10.2 Å². The number of alkyl halides is 3. The van der Waals surface area contributed by atoms with Crippen LogP contribution in [0.2, 0.25) is 0 Å². The molecule has 10 heteroatoms. The normalized spacial score (nSPS) is 16.0. The van der Waals surface area contributed by atoms with Crippen LogP contribution in [-0.2, 0) is 11.0 Å². The number of nitro benzene ring substituents is 1. The fraction of sp³-hybridized carbons (Fsp3) is 0.409. The van der Waals surface area contributed by atoms with Gasteiger partial charge in [-0.25, -0.2) is 0 Å². The Balaban J connectivity index is 1.67. The van der Waals surface area contributed by atoms with Crippen LogP contribution in [0.25, 0.3) is 0 Å². The van der Waals surface area contributed by atoms with Gasteiger partial charge in [0.25, 0.3) is 5.69 Å². The number of nitrogens with one attached hydrogen (secondary N) is 1. The van der Waals surface area contributed by atoms with Crippen LogP contribution in [0.4, 0.5) is 30.2 Å². The van der Waals surface area contributed by atoms with Crippen LogP contribution in [0.3, 0.4) is 0 Å². The van der Waals surface area contributed by atoms with E-state index in [1.165, 1.54) is 0 Å². The van der Waals surface area contributed by atoms with Crippen molar-refractivity contribution < 1.29 is 22.9 Å². The molecule has 172 valence electrons. The Morgan fingerprint density at radius 2 is 1.75 bits per heavy atom. The molecule has 1 unspecified atom stereocenters. The van der Waals surface area contributed by atoms with E-state index in [0.717, 1.165) is 28.9 Å². The Morgan fingerprint density at radius 1 is 1.09 bits per heavy atom. The highest BCUT2D eigenvalue weighted by Crippen LogP contribution is 2.36. The molecule has 0 aromatic heterocycles. The van der Waals surface area contributed by atoms with E-state index in [4.69, 9.17) is 0 Å². The summed E-state index contributed by atoms with van der Waals surface area (Å²) >= 11 is 0. The van der Waals surface area contributed by atoms with Crippen LogP contribution >= 0.6 is 0 Å². The van der Waals surface area contributed by atoms with Gasteiger partial charge in [0, 0.05) is 37.9 Å². The van der Waals surface area contributed by atoms with Crippen molar-refractivity contribution in [1.29, 1.82) is 0 Å². The molecule has 7 nitrogen and oxygen atoms in total. The zero-order chi connectivity index (χ0) is 23.6. The van der Waals surface area contributed by atoms with Gasteiger partial charge in [-0.2, -0.15) is 13.2 Å². The van der Waals surface area contributed by atoms with Gasteiger partial charge in [0.1, 0.15) is 5.69 Å². The highest BCUT2D eigenvalue weighted by Gasteiger charge is 2.34. The van der Waals surface area contributed by atoms with E-state index in [-0.39, 0.29) is 11.6 Å². The molecule has 1 N–H and O–H groups in total. The predicted octanol–water partition coefficient (Wildman–Crippen LogP) is 4.38. The van der Waals surface area contributed by atoms with Crippen LogP contribution in [0, 0.1) is 24.0 Å². The minimum Gasteiger partial charge on any atom is -0.363 e. The number of aryl methyl sites for hydroxylation is 2. The molecule has 32 heavy (non-hydrogen) atoms. The summed E-state index contributed by atoms with van der Waals surface area (Å²) in [6.45, 7) is 7.24. The first-order valence-electron chi connectivity index (χ1n) is 10.2. The lowest BCUT2D eigenvalue weighted by Gasteiger charge is -2.38. The molecule has 1 atom stereocenters. The summed E-state index contributed by atoms with van der Waals surface area (Å²) in [4.78, 5) is 27.0. The Morgan fingerprint density at radius 3 is 2.34 bits per heavy atom. The molecule has 0 bridgehead atoms. The summed E-state index contributed by atoms with van der Waals surface area (Å²) in [5.74, 6) is -0.160. The lowest BCUT2D eigenvalue weighted by molar-refractivity contribution is -0.384. The van der Waals surface area contributed by atoms with Crippen LogP contribution in [0.15, 0.2) is 36.4 Å². The first-order chi connectivity index (χ1) is 15.0. The zero-order valence-corrected chi connectivity index (χ0v) is 18.1. The summed E-state index contributed by atoms with van der Waals surface area (Å²) in [6, 6.07) is 7.95. The molecule has 0 aliphatic carbocycles. The number of hydrogen-bond acceptors (Lipinski definition) is 5. The highest BCUT2D eigenvalue weighted by molar-refractivity contribution is 5.95. The number of anilines is 2. The third-order valence-electron chi connectivity index (χ3n) is 5.73. The van der Waals surface area contributed by atoms with Gasteiger partial charge in [0.2, 0.25) is 5.91 Å². The number of piperazine rings is 1. The van der Waals surface area contributed by atoms with E-state index < -0.39 is 28.4 Å². The van der Waals surface area contributed by atoms with E-state index in [1.54, 1.807) is 11.8 Å². The lowest BCUT2D eigenvalue weighted by Crippen LogP contribution is -2.53. The van der Waals surface area contributed by atoms with Crippen LogP contribution in [0.5, 0.6) is 0 Å². The molecule has 1 heterocycles. The van der Waals surface area contributed by atoms with Gasteiger partial charge in [-0.1, -0.05) is 12.1 Å². The number of rotatable bonds is 5. The highest BCUT2D eigenvalue weighted by atomic mass is 19.4.